The van der Waals surface area contributed by atoms with Crippen molar-refractivity contribution >= 4 is 5.97 Å². The molecule has 0 aromatic heterocycles. The molecule has 5 nitrogen and oxygen atoms in total. The molecule has 0 saturated carbocycles. The van der Waals surface area contributed by atoms with Gasteiger partial charge >= 0.3 is 5.97 Å². The van der Waals surface area contributed by atoms with Crippen molar-refractivity contribution in [1.29, 1.82) is 0 Å². The molecule has 2 rings (SSSR count). The molecule has 1 heterocycles. The molecule has 1 aromatic rings. The molecule has 1 aliphatic heterocycles. The van der Waals surface area contributed by atoms with Gasteiger partial charge in [0, 0.05) is 13.1 Å². The molecule has 1 atom stereocenters. The summed E-state index contributed by atoms with van der Waals surface area (Å²) < 4.78 is 10.8. The molecule has 18 heavy (non-hydrogen) atoms. The summed E-state index contributed by atoms with van der Waals surface area (Å²) in [5, 5.41) is 12.1. The lowest BCUT2D eigenvalue weighted by molar-refractivity contribution is -0.0864. The van der Waals surface area contributed by atoms with Crippen molar-refractivity contribution in [3.8, 4) is 0 Å². The first-order chi connectivity index (χ1) is 8.75. The molecule has 1 saturated heterocycles. The van der Waals surface area contributed by atoms with Crippen LogP contribution in [0, 0.1) is 0 Å². The lowest BCUT2D eigenvalue weighted by atomic mass is 10.1. The molecule has 1 unspecified atom stereocenters. The lowest BCUT2D eigenvalue weighted by Gasteiger charge is -2.23. The third kappa shape index (κ3) is 3.80. The molecule has 0 amide bonds. The van der Waals surface area contributed by atoms with E-state index in [2.05, 4.69) is 5.32 Å². The van der Waals surface area contributed by atoms with Crippen molar-refractivity contribution in [1.82, 2.24) is 5.32 Å². The van der Waals surface area contributed by atoms with E-state index in [1.54, 1.807) is 18.2 Å². The monoisotopic (exact) mass is 251 g/mol. The van der Waals surface area contributed by atoms with Crippen LogP contribution in [0.25, 0.3) is 0 Å². The topological polar surface area (TPSA) is 67.8 Å². The maximum Gasteiger partial charge on any atom is 0.335 e. The smallest absolute Gasteiger partial charge is 0.335 e. The number of carboxylic acids is 1. The van der Waals surface area contributed by atoms with E-state index < -0.39 is 5.97 Å². The molecule has 98 valence electrons. The number of carbonyl (C=O) groups is 1. The van der Waals surface area contributed by atoms with Crippen LogP contribution in [0.2, 0.25) is 0 Å². The van der Waals surface area contributed by atoms with Crippen molar-refractivity contribution in [3.05, 3.63) is 35.4 Å². The van der Waals surface area contributed by atoms with E-state index in [0.29, 0.717) is 38.5 Å². The molecule has 2 N–H and O–H groups in total. The summed E-state index contributed by atoms with van der Waals surface area (Å²) in [6.45, 7) is 3.25. The van der Waals surface area contributed by atoms with Gasteiger partial charge in [0.15, 0.2) is 0 Å². The number of aromatic carboxylic acids is 1. The van der Waals surface area contributed by atoms with E-state index >= 15 is 0 Å². The van der Waals surface area contributed by atoms with Crippen LogP contribution in [0.4, 0.5) is 0 Å². The minimum absolute atomic E-state index is 0.0846. The summed E-state index contributed by atoms with van der Waals surface area (Å²) in [6, 6.07) is 6.91. The van der Waals surface area contributed by atoms with Gasteiger partial charge in [-0.1, -0.05) is 12.1 Å². The van der Waals surface area contributed by atoms with Crippen LogP contribution in [-0.4, -0.2) is 43.5 Å². The highest BCUT2D eigenvalue weighted by molar-refractivity contribution is 5.87. The van der Waals surface area contributed by atoms with E-state index in [1.807, 2.05) is 6.07 Å². The fourth-order valence-electron chi connectivity index (χ4n) is 1.85. The van der Waals surface area contributed by atoms with E-state index in [4.69, 9.17) is 14.6 Å². The van der Waals surface area contributed by atoms with Gasteiger partial charge in [-0.25, -0.2) is 4.79 Å². The van der Waals surface area contributed by atoms with Gasteiger partial charge in [0.05, 0.1) is 31.5 Å². The highest BCUT2D eigenvalue weighted by Gasteiger charge is 2.13. The fourth-order valence-corrected chi connectivity index (χ4v) is 1.85. The Balaban J connectivity index is 1.78. The van der Waals surface area contributed by atoms with Crippen molar-refractivity contribution < 1.29 is 19.4 Å². The number of carboxylic acid groups (broad SMARTS) is 1. The molecular formula is C13H17NO4. The summed E-state index contributed by atoms with van der Waals surface area (Å²) in [4.78, 5) is 10.8. The van der Waals surface area contributed by atoms with E-state index in [0.717, 1.165) is 5.56 Å². The normalized spacial score (nSPS) is 19.7. The van der Waals surface area contributed by atoms with Crippen molar-refractivity contribution in [2.24, 2.45) is 0 Å². The highest BCUT2D eigenvalue weighted by Crippen LogP contribution is 2.05. The van der Waals surface area contributed by atoms with Crippen LogP contribution in [0.1, 0.15) is 15.9 Å². The molecule has 0 bridgehead atoms. The summed E-state index contributed by atoms with van der Waals surface area (Å²) in [5.74, 6) is -0.902. The van der Waals surface area contributed by atoms with Crippen LogP contribution in [-0.2, 0) is 16.0 Å². The summed E-state index contributed by atoms with van der Waals surface area (Å²) in [5.41, 5.74) is 1.26. The second-order valence-corrected chi connectivity index (χ2v) is 4.20. The molecule has 1 fully saturated rings. The minimum Gasteiger partial charge on any atom is -0.478 e. The molecular weight excluding hydrogens is 234 g/mol. The number of nitrogens with one attached hydrogen (secondary N) is 1. The first-order valence-electron chi connectivity index (χ1n) is 5.98. The second-order valence-electron chi connectivity index (χ2n) is 4.20. The van der Waals surface area contributed by atoms with Gasteiger partial charge in [-0.15, -0.1) is 0 Å². The van der Waals surface area contributed by atoms with Gasteiger partial charge < -0.3 is 19.9 Å². The predicted octanol–water partition coefficient (Wildman–Crippen LogP) is 0.890. The van der Waals surface area contributed by atoms with Crippen LogP contribution in [0.3, 0.4) is 0 Å². The van der Waals surface area contributed by atoms with Gasteiger partial charge in [0.25, 0.3) is 0 Å². The lowest BCUT2D eigenvalue weighted by Crippen LogP contribution is -2.37. The third-order valence-electron chi connectivity index (χ3n) is 2.76. The Morgan fingerprint density at radius 3 is 3.06 bits per heavy atom. The SMILES string of the molecule is O=C(O)c1cccc(CNCC2COCCO2)c1. The van der Waals surface area contributed by atoms with Crippen LogP contribution >= 0.6 is 0 Å². The number of hydrogen-bond donors (Lipinski definition) is 2. The summed E-state index contributed by atoms with van der Waals surface area (Å²) in [6.07, 6.45) is 0.0846. The quantitative estimate of drug-likeness (QED) is 0.813. The molecule has 1 aromatic carbocycles. The molecule has 1 aliphatic rings. The number of rotatable bonds is 5. The van der Waals surface area contributed by atoms with Gasteiger partial charge in [-0.2, -0.15) is 0 Å². The Hall–Kier alpha value is -1.43. The number of ether oxygens (including phenoxy) is 2. The van der Waals surface area contributed by atoms with E-state index in [1.165, 1.54) is 0 Å². The number of hydrogen-bond acceptors (Lipinski definition) is 4. The van der Waals surface area contributed by atoms with Gasteiger partial charge in [-0.3, -0.25) is 0 Å². The van der Waals surface area contributed by atoms with Crippen LogP contribution < -0.4 is 5.32 Å². The summed E-state index contributed by atoms with van der Waals surface area (Å²) in [7, 11) is 0. The molecule has 5 heteroatoms. The van der Waals surface area contributed by atoms with Crippen molar-refractivity contribution in [2.75, 3.05) is 26.4 Å². The van der Waals surface area contributed by atoms with Crippen LogP contribution in [0.5, 0.6) is 0 Å². The van der Waals surface area contributed by atoms with Gasteiger partial charge in [-0.05, 0) is 17.7 Å². The second kappa shape index (κ2) is 6.49. The molecule has 0 radical (unpaired) electrons. The average molecular weight is 251 g/mol. The molecule has 0 spiro atoms. The Bertz CT molecular complexity index is 402. The zero-order chi connectivity index (χ0) is 12.8. The minimum atomic E-state index is -0.902. The standard InChI is InChI=1S/C13H17NO4/c15-13(16)11-3-1-2-10(6-11)7-14-8-12-9-17-4-5-18-12/h1-3,6,12,14H,4-5,7-9H2,(H,15,16). The van der Waals surface area contributed by atoms with Gasteiger partial charge in [0.2, 0.25) is 0 Å². The fraction of sp³-hybridized carbons (Fsp3) is 0.462. The zero-order valence-electron chi connectivity index (χ0n) is 10.1. The maximum atomic E-state index is 10.8. The van der Waals surface area contributed by atoms with Crippen LogP contribution in [0.15, 0.2) is 24.3 Å². The average Bonchev–Trinajstić information content (AvgIpc) is 2.40. The van der Waals surface area contributed by atoms with E-state index in [-0.39, 0.29) is 6.10 Å². The first kappa shape index (κ1) is 13.0. The van der Waals surface area contributed by atoms with Gasteiger partial charge in [0.1, 0.15) is 0 Å². The maximum absolute atomic E-state index is 10.8. The number of benzene rings is 1. The third-order valence-corrected chi connectivity index (χ3v) is 2.76. The Morgan fingerprint density at radius 2 is 2.33 bits per heavy atom. The Labute approximate surface area is 106 Å². The van der Waals surface area contributed by atoms with Crippen molar-refractivity contribution in [2.45, 2.75) is 12.6 Å². The first-order valence-corrected chi connectivity index (χ1v) is 5.98. The highest BCUT2D eigenvalue weighted by atomic mass is 16.6. The Kier molecular flexibility index (Phi) is 4.69. The molecule has 0 aliphatic carbocycles. The van der Waals surface area contributed by atoms with E-state index in [9.17, 15) is 4.79 Å². The predicted molar refractivity (Wildman–Crippen MR) is 65.7 cm³/mol. The largest absolute Gasteiger partial charge is 0.478 e. The Morgan fingerprint density at radius 1 is 1.44 bits per heavy atom. The zero-order valence-corrected chi connectivity index (χ0v) is 10.1. The summed E-state index contributed by atoms with van der Waals surface area (Å²) >= 11 is 0. The van der Waals surface area contributed by atoms with Crippen molar-refractivity contribution in [3.63, 3.8) is 0 Å².